The first-order valence-corrected chi connectivity index (χ1v) is 6.91. The van der Waals surface area contributed by atoms with Crippen LogP contribution in [0.4, 0.5) is 0 Å². The lowest BCUT2D eigenvalue weighted by atomic mass is 10.0. The van der Waals surface area contributed by atoms with Gasteiger partial charge in [-0.1, -0.05) is 45.3 Å². The van der Waals surface area contributed by atoms with Gasteiger partial charge in [-0.25, -0.2) is 0 Å². The molecule has 1 fully saturated rings. The molecule has 0 bridgehead atoms. The Kier molecular flexibility index (Phi) is 6.44. The SMILES string of the molecule is CCCCCC/C=C\CC1CC(C)CC1=O. The standard InChI is InChI=1S/C15H26O/c1-3-4-5-6-7-8-9-10-14-11-13(2)12-15(14)16/h8-9,13-14H,3-7,10-12H2,1-2H3/b9-8-. The molecule has 0 aromatic carbocycles. The second kappa shape index (κ2) is 7.65. The van der Waals surface area contributed by atoms with Crippen LogP contribution in [0.2, 0.25) is 0 Å². The molecule has 1 rings (SSSR count). The number of carbonyl (C=O) groups is 1. The number of Topliss-reactive ketones (excluding diaryl/α,β-unsaturated/α-hetero) is 1. The Bertz CT molecular complexity index is 230. The van der Waals surface area contributed by atoms with Crippen molar-refractivity contribution >= 4 is 5.78 Å². The second-order valence-electron chi connectivity index (χ2n) is 5.26. The summed E-state index contributed by atoms with van der Waals surface area (Å²) in [6.45, 7) is 4.43. The zero-order valence-electron chi connectivity index (χ0n) is 10.9. The largest absolute Gasteiger partial charge is 0.299 e. The number of hydrogen-bond donors (Lipinski definition) is 0. The third-order valence-electron chi connectivity index (χ3n) is 3.50. The zero-order chi connectivity index (χ0) is 11.8. The first kappa shape index (κ1) is 13.5. The highest BCUT2D eigenvalue weighted by atomic mass is 16.1. The maximum Gasteiger partial charge on any atom is 0.136 e. The lowest BCUT2D eigenvalue weighted by Crippen LogP contribution is -2.03. The fraction of sp³-hybridized carbons (Fsp3) is 0.800. The van der Waals surface area contributed by atoms with Gasteiger partial charge < -0.3 is 0 Å². The summed E-state index contributed by atoms with van der Waals surface area (Å²) in [5, 5.41) is 0. The van der Waals surface area contributed by atoms with Crippen molar-refractivity contribution in [2.24, 2.45) is 11.8 Å². The van der Waals surface area contributed by atoms with Crippen molar-refractivity contribution in [3.05, 3.63) is 12.2 Å². The summed E-state index contributed by atoms with van der Waals surface area (Å²) in [6.07, 6.45) is 13.9. The first-order chi connectivity index (χ1) is 7.74. The molecule has 1 aliphatic rings. The zero-order valence-corrected chi connectivity index (χ0v) is 10.9. The normalized spacial score (nSPS) is 25.8. The van der Waals surface area contributed by atoms with Gasteiger partial charge in [-0.2, -0.15) is 0 Å². The summed E-state index contributed by atoms with van der Waals surface area (Å²) >= 11 is 0. The Morgan fingerprint density at radius 2 is 2.06 bits per heavy atom. The third kappa shape index (κ3) is 4.96. The number of hydrogen-bond acceptors (Lipinski definition) is 1. The Morgan fingerprint density at radius 3 is 2.69 bits per heavy atom. The average molecular weight is 222 g/mol. The van der Waals surface area contributed by atoms with E-state index in [1.807, 2.05) is 0 Å². The number of unbranched alkanes of at least 4 members (excludes halogenated alkanes) is 4. The van der Waals surface area contributed by atoms with E-state index in [9.17, 15) is 4.79 Å². The summed E-state index contributed by atoms with van der Waals surface area (Å²) in [7, 11) is 0. The molecule has 16 heavy (non-hydrogen) atoms. The monoisotopic (exact) mass is 222 g/mol. The number of carbonyl (C=O) groups excluding carboxylic acids is 1. The topological polar surface area (TPSA) is 17.1 Å². The van der Waals surface area contributed by atoms with Crippen LogP contribution < -0.4 is 0 Å². The van der Waals surface area contributed by atoms with Crippen LogP contribution in [0.15, 0.2) is 12.2 Å². The molecule has 0 aliphatic heterocycles. The van der Waals surface area contributed by atoms with E-state index >= 15 is 0 Å². The minimum absolute atomic E-state index is 0.335. The molecule has 2 atom stereocenters. The van der Waals surface area contributed by atoms with E-state index in [4.69, 9.17) is 0 Å². The highest BCUT2D eigenvalue weighted by molar-refractivity contribution is 5.83. The lowest BCUT2D eigenvalue weighted by Gasteiger charge is -2.03. The average Bonchev–Trinajstić information content (AvgIpc) is 2.56. The van der Waals surface area contributed by atoms with Crippen molar-refractivity contribution in [1.29, 1.82) is 0 Å². The second-order valence-corrected chi connectivity index (χ2v) is 5.26. The van der Waals surface area contributed by atoms with Crippen molar-refractivity contribution in [1.82, 2.24) is 0 Å². The van der Waals surface area contributed by atoms with Gasteiger partial charge >= 0.3 is 0 Å². The third-order valence-corrected chi connectivity index (χ3v) is 3.50. The predicted molar refractivity (Wildman–Crippen MR) is 69.4 cm³/mol. The Labute approximate surface area is 100 Å². The van der Waals surface area contributed by atoms with Gasteiger partial charge in [0.1, 0.15) is 5.78 Å². The van der Waals surface area contributed by atoms with Gasteiger partial charge in [-0.05, 0) is 31.6 Å². The van der Waals surface area contributed by atoms with Gasteiger partial charge in [0.2, 0.25) is 0 Å². The molecule has 1 heteroatoms. The van der Waals surface area contributed by atoms with Crippen molar-refractivity contribution < 1.29 is 4.79 Å². The summed E-state index contributed by atoms with van der Waals surface area (Å²) in [5.74, 6) is 1.44. The molecule has 92 valence electrons. The van der Waals surface area contributed by atoms with Gasteiger partial charge in [-0.3, -0.25) is 4.79 Å². The quantitative estimate of drug-likeness (QED) is 0.457. The van der Waals surface area contributed by atoms with Crippen LogP contribution in [-0.2, 0) is 4.79 Å². The molecule has 1 saturated carbocycles. The van der Waals surface area contributed by atoms with Crippen LogP contribution in [-0.4, -0.2) is 5.78 Å². The van der Waals surface area contributed by atoms with Gasteiger partial charge in [0.25, 0.3) is 0 Å². The van der Waals surface area contributed by atoms with Crippen LogP contribution in [0.25, 0.3) is 0 Å². The first-order valence-electron chi connectivity index (χ1n) is 6.91. The van der Waals surface area contributed by atoms with Crippen molar-refractivity contribution in [3.63, 3.8) is 0 Å². The Morgan fingerprint density at radius 1 is 1.25 bits per heavy atom. The van der Waals surface area contributed by atoms with Gasteiger partial charge in [-0.15, -0.1) is 0 Å². The van der Waals surface area contributed by atoms with Crippen molar-refractivity contribution in [2.45, 2.75) is 65.2 Å². The van der Waals surface area contributed by atoms with Gasteiger partial charge in [0.15, 0.2) is 0 Å². The van der Waals surface area contributed by atoms with Crippen LogP contribution in [0.3, 0.4) is 0 Å². The van der Waals surface area contributed by atoms with E-state index in [1.54, 1.807) is 0 Å². The molecule has 0 aromatic heterocycles. The Balaban J connectivity index is 2.05. The summed E-state index contributed by atoms with van der Waals surface area (Å²) in [5.41, 5.74) is 0. The molecule has 0 heterocycles. The molecule has 0 radical (unpaired) electrons. The van der Waals surface area contributed by atoms with Crippen molar-refractivity contribution in [3.8, 4) is 0 Å². The molecular weight excluding hydrogens is 196 g/mol. The summed E-state index contributed by atoms with van der Waals surface area (Å²) in [4.78, 5) is 11.6. The minimum Gasteiger partial charge on any atom is -0.299 e. The van der Waals surface area contributed by atoms with Gasteiger partial charge in [0, 0.05) is 12.3 Å². The molecule has 1 nitrogen and oxygen atoms in total. The van der Waals surface area contributed by atoms with Crippen LogP contribution in [0.1, 0.15) is 65.2 Å². The number of rotatable bonds is 7. The molecular formula is C15H26O. The summed E-state index contributed by atoms with van der Waals surface area (Å²) in [6, 6.07) is 0. The molecule has 0 amide bonds. The van der Waals surface area contributed by atoms with E-state index in [2.05, 4.69) is 26.0 Å². The fourth-order valence-corrected chi connectivity index (χ4v) is 2.51. The highest BCUT2D eigenvalue weighted by Crippen LogP contribution is 2.29. The lowest BCUT2D eigenvalue weighted by molar-refractivity contribution is -0.120. The molecule has 1 aliphatic carbocycles. The molecule has 0 spiro atoms. The van der Waals surface area contributed by atoms with Crippen LogP contribution in [0, 0.1) is 11.8 Å². The maximum atomic E-state index is 11.6. The van der Waals surface area contributed by atoms with Crippen molar-refractivity contribution in [2.75, 3.05) is 0 Å². The maximum absolute atomic E-state index is 11.6. The number of allylic oxidation sites excluding steroid dienone is 2. The van der Waals surface area contributed by atoms with E-state index < -0.39 is 0 Å². The van der Waals surface area contributed by atoms with E-state index in [1.165, 1.54) is 32.1 Å². The van der Waals surface area contributed by atoms with Crippen LogP contribution in [0.5, 0.6) is 0 Å². The minimum atomic E-state index is 0.335. The molecule has 0 N–H and O–H groups in total. The van der Waals surface area contributed by atoms with E-state index in [0.29, 0.717) is 17.6 Å². The van der Waals surface area contributed by atoms with E-state index in [-0.39, 0.29) is 0 Å². The van der Waals surface area contributed by atoms with Crippen LogP contribution >= 0.6 is 0 Å². The molecule has 2 unspecified atom stereocenters. The highest BCUT2D eigenvalue weighted by Gasteiger charge is 2.28. The number of ketones is 1. The molecule has 0 aromatic rings. The van der Waals surface area contributed by atoms with E-state index in [0.717, 1.165) is 19.3 Å². The molecule has 0 saturated heterocycles. The fourth-order valence-electron chi connectivity index (χ4n) is 2.51. The smallest absolute Gasteiger partial charge is 0.136 e. The predicted octanol–water partition coefficient (Wildman–Crippen LogP) is 4.52. The Hall–Kier alpha value is -0.590. The summed E-state index contributed by atoms with van der Waals surface area (Å²) < 4.78 is 0. The van der Waals surface area contributed by atoms with Gasteiger partial charge in [0.05, 0.1) is 0 Å².